The van der Waals surface area contributed by atoms with Crippen molar-refractivity contribution < 1.29 is 27.0 Å². The lowest BCUT2D eigenvalue weighted by molar-refractivity contribution is -0.117. The van der Waals surface area contributed by atoms with E-state index in [2.05, 4.69) is 15.9 Å². The first-order chi connectivity index (χ1) is 10.1. The number of carboxylic acids is 1. The molecule has 0 aromatic heterocycles. The molecule has 0 spiro atoms. The first-order valence-corrected chi connectivity index (χ1v) is 8.76. The SMILES string of the molecule is O=C(O)c1cc(Br)c(Cl)cc1N1CC(CS(=O)(=O)F)CC1=O. The minimum absolute atomic E-state index is 0.0597. The van der Waals surface area contributed by atoms with Crippen molar-refractivity contribution >= 4 is 55.3 Å². The van der Waals surface area contributed by atoms with Gasteiger partial charge in [-0.05, 0) is 28.1 Å². The van der Waals surface area contributed by atoms with Gasteiger partial charge in [0.25, 0.3) is 0 Å². The zero-order valence-electron chi connectivity index (χ0n) is 10.9. The number of carbonyl (C=O) groups is 2. The number of halogens is 3. The quantitative estimate of drug-likeness (QED) is 0.764. The Hall–Kier alpha value is -1.19. The molecule has 1 fully saturated rings. The molecule has 10 heteroatoms. The van der Waals surface area contributed by atoms with Gasteiger partial charge in [-0.2, -0.15) is 8.42 Å². The van der Waals surface area contributed by atoms with Crippen LogP contribution >= 0.6 is 27.5 Å². The highest BCUT2D eigenvalue weighted by Gasteiger charge is 2.35. The highest BCUT2D eigenvalue weighted by atomic mass is 79.9. The van der Waals surface area contributed by atoms with Crippen LogP contribution in [0.2, 0.25) is 5.02 Å². The average molecular weight is 415 g/mol. The van der Waals surface area contributed by atoms with E-state index in [1.165, 1.54) is 12.1 Å². The fourth-order valence-electron chi connectivity index (χ4n) is 2.34. The van der Waals surface area contributed by atoms with Crippen LogP contribution in [-0.4, -0.2) is 37.7 Å². The molecule has 0 saturated carbocycles. The van der Waals surface area contributed by atoms with Gasteiger partial charge in [-0.1, -0.05) is 11.6 Å². The van der Waals surface area contributed by atoms with Crippen molar-refractivity contribution in [3.8, 4) is 0 Å². The van der Waals surface area contributed by atoms with E-state index < -0.39 is 33.8 Å². The lowest BCUT2D eigenvalue weighted by Crippen LogP contribution is -2.27. The van der Waals surface area contributed by atoms with E-state index in [9.17, 15) is 27.0 Å². The first kappa shape index (κ1) is 17.2. The number of carbonyl (C=O) groups excluding carboxylic acids is 1. The lowest BCUT2D eigenvalue weighted by Gasteiger charge is -2.19. The van der Waals surface area contributed by atoms with Gasteiger partial charge in [0.2, 0.25) is 5.91 Å². The predicted octanol–water partition coefficient (Wildman–Crippen LogP) is 2.45. The molecule has 22 heavy (non-hydrogen) atoms. The largest absolute Gasteiger partial charge is 0.478 e. The molecule has 1 atom stereocenters. The summed E-state index contributed by atoms with van der Waals surface area (Å²) < 4.78 is 34.5. The molecule has 2 rings (SSSR count). The van der Waals surface area contributed by atoms with E-state index in [-0.39, 0.29) is 29.2 Å². The maximum Gasteiger partial charge on any atom is 0.337 e. The van der Waals surface area contributed by atoms with Gasteiger partial charge in [0.1, 0.15) is 0 Å². The number of hydrogen-bond donors (Lipinski definition) is 1. The summed E-state index contributed by atoms with van der Waals surface area (Å²) in [7, 11) is -4.71. The highest BCUT2D eigenvalue weighted by Crippen LogP contribution is 2.35. The third-order valence-corrected chi connectivity index (χ3v) is 5.27. The molecule has 1 amide bonds. The Bertz CT molecular complexity index is 754. The second-order valence-electron chi connectivity index (χ2n) is 4.87. The zero-order chi connectivity index (χ0) is 16.7. The van der Waals surface area contributed by atoms with Crippen LogP contribution < -0.4 is 4.90 Å². The van der Waals surface area contributed by atoms with Gasteiger partial charge >= 0.3 is 16.2 Å². The fraction of sp³-hybridized carbons (Fsp3) is 0.333. The third-order valence-electron chi connectivity index (χ3n) is 3.20. The van der Waals surface area contributed by atoms with Crippen LogP contribution in [0.1, 0.15) is 16.8 Å². The Morgan fingerprint density at radius 1 is 1.50 bits per heavy atom. The van der Waals surface area contributed by atoms with Crippen LogP contribution in [0.3, 0.4) is 0 Å². The molecular formula is C12H10BrClFNO5S. The highest BCUT2D eigenvalue weighted by molar-refractivity contribution is 9.10. The van der Waals surface area contributed by atoms with Crippen LogP contribution in [0, 0.1) is 5.92 Å². The molecule has 1 unspecified atom stereocenters. The monoisotopic (exact) mass is 413 g/mol. The predicted molar refractivity (Wildman–Crippen MR) is 81.5 cm³/mol. The summed E-state index contributed by atoms with van der Waals surface area (Å²) in [5.74, 6) is -3.25. The number of nitrogens with zero attached hydrogens (tertiary/aromatic N) is 1. The summed E-state index contributed by atoms with van der Waals surface area (Å²) in [6.45, 7) is -0.0831. The summed E-state index contributed by atoms with van der Waals surface area (Å²) >= 11 is 9.02. The van der Waals surface area contributed by atoms with Crippen LogP contribution in [0.15, 0.2) is 16.6 Å². The van der Waals surface area contributed by atoms with Crippen LogP contribution in [0.25, 0.3) is 0 Å². The van der Waals surface area contributed by atoms with Gasteiger partial charge in [0.05, 0.1) is 22.0 Å². The molecule has 1 aliphatic heterocycles. The summed E-state index contributed by atoms with van der Waals surface area (Å²) in [6.07, 6.45) is -0.171. The van der Waals surface area contributed by atoms with Gasteiger partial charge in [-0.3, -0.25) is 4.79 Å². The number of anilines is 1. The van der Waals surface area contributed by atoms with Gasteiger partial charge in [0, 0.05) is 23.4 Å². The summed E-state index contributed by atoms with van der Waals surface area (Å²) in [5, 5.41) is 9.43. The summed E-state index contributed by atoms with van der Waals surface area (Å²) in [6, 6.07) is 2.56. The molecule has 6 nitrogen and oxygen atoms in total. The summed E-state index contributed by atoms with van der Waals surface area (Å²) in [5.41, 5.74) is -0.0992. The van der Waals surface area contributed by atoms with Crippen molar-refractivity contribution in [2.24, 2.45) is 5.92 Å². The second kappa shape index (κ2) is 6.13. The number of rotatable bonds is 4. The number of aromatic carboxylic acids is 1. The molecule has 1 aliphatic rings. The average Bonchev–Trinajstić information content (AvgIpc) is 2.70. The second-order valence-corrected chi connectivity index (χ2v) is 7.54. The van der Waals surface area contributed by atoms with E-state index in [1.54, 1.807) is 0 Å². The molecule has 120 valence electrons. The molecule has 1 N–H and O–H groups in total. The minimum Gasteiger partial charge on any atom is -0.478 e. The van der Waals surface area contributed by atoms with Crippen molar-refractivity contribution in [2.75, 3.05) is 17.2 Å². The number of amides is 1. The maximum absolute atomic E-state index is 12.7. The van der Waals surface area contributed by atoms with Gasteiger partial charge in [-0.25, -0.2) is 4.79 Å². The minimum atomic E-state index is -4.71. The summed E-state index contributed by atoms with van der Waals surface area (Å²) in [4.78, 5) is 24.4. The van der Waals surface area contributed by atoms with Crippen molar-refractivity contribution in [1.29, 1.82) is 0 Å². The zero-order valence-corrected chi connectivity index (χ0v) is 14.1. The van der Waals surface area contributed by atoms with Gasteiger partial charge in [0.15, 0.2) is 0 Å². The van der Waals surface area contributed by atoms with E-state index in [1.807, 2.05) is 0 Å². The van der Waals surface area contributed by atoms with Crippen molar-refractivity contribution in [2.45, 2.75) is 6.42 Å². The van der Waals surface area contributed by atoms with Crippen molar-refractivity contribution in [3.05, 3.63) is 27.2 Å². The molecular weight excluding hydrogens is 405 g/mol. The van der Waals surface area contributed by atoms with Gasteiger partial charge in [-0.15, -0.1) is 3.89 Å². The van der Waals surface area contributed by atoms with Crippen molar-refractivity contribution in [1.82, 2.24) is 0 Å². The van der Waals surface area contributed by atoms with E-state index in [0.717, 1.165) is 4.90 Å². The Morgan fingerprint density at radius 3 is 2.68 bits per heavy atom. The van der Waals surface area contributed by atoms with Crippen LogP contribution in [0.5, 0.6) is 0 Å². The molecule has 1 saturated heterocycles. The van der Waals surface area contributed by atoms with Crippen LogP contribution in [0.4, 0.5) is 9.57 Å². The first-order valence-electron chi connectivity index (χ1n) is 6.03. The normalized spacial score (nSPS) is 18.8. The van der Waals surface area contributed by atoms with Crippen LogP contribution in [-0.2, 0) is 15.0 Å². The molecule has 0 radical (unpaired) electrons. The standard InChI is InChI=1S/C12H10BrClFNO5S/c13-8-2-7(12(18)19)10(3-9(8)14)16-4-6(1-11(16)17)5-22(15,20)21/h2-3,6H,1,4-5H2,(H,18,19). The molecule has 1 heterocycles. The Morgan fingerprint density at radius 2 is 2.14 bits per heavy atom. The fourth-order valence-corrected chi connectivity index (χ4v) is 3.63. The lowest BCUT2D eigenvalue weighted by atomic mass is 10.1. The molecule has 0 aliphatic carbocycles. The Labute approximate surface area is 139 Å². The number of hydrogen-bond acceptors (Lipinski definition) is 4. The Balaban J connectivity index is 2.38. The van der Waals surface area contributed by atoms with Crippen molar-refractivity contribution in [3.63, 3.8) is 0 Å². The number of benzene rings is 1. The molecule has 0 bridgehead atoms. The van der Waals surface area contributed by atoms with Gasteiger partial charge < -0.3 is 10.0 Å². The number of carboxylic acid groups (broad SMARTS) is 1. The third kappa shape index (κ3) is 3.76. The topological polar surface area (TPSA) is 91.8 Å². The smallest absolute Gasteiger partial charge is 0.337 e. The molecule has 1 aromatic carbocycles. The maximum atomic E-state index is 12.7. The van der Waals surface area contributed by atoms with E-state index in [4.69, 9.17) is 11.6 Å². The Kier molecular flexibility index (Phi) is 4.78. The molecule has 1 aromatic rings. The van der Waals surface area contributed by atoms with E-state index >= 15 is 0 Å². The van der Waals surface area contributed by atoms with E-state index in [0.29, 0.717) is 4.47 Å².